The number of benzene rings is 2. The molecule has 2 nitrogen and oxygen atoms in total. The predicted octanol–water partition coefficient (Wildman–Crippen LogP) is 4.73. The van der Waals surface area contributed by atoms with Crippen molar-refractivity contribution in [1.29, 1.82) is 0 Å². The molecule has 0 fully saturated rings. The van der Waals surface area contributed by atoms with E-state index in [-0.39, 0.29) is 11.9 Å². The molecule has 0 bridgehead atoms. The fourth-order valence-electron chi connectivity index (χ4n) is 1.81. The van der Waals surface area contributed by atoms with Crippen molar-refractivity contribution in [2.75, 3.05) is 0 Å². The van der Waals surface area contributed by atoms with Gasteiger partial charge in [0.05, 0.1) is 11.6 Å². The van der Waals surface area contributed by atoms with Gasteiger partial charge in [0.1, 0.15) is 5.82 Å². The van der Waals surface area contributed by atoms with E-state index >= 15 is 0 Å². The average molecular weight is 357 g/mol. The Balaban J connectivity index is 2.15. The van der Waals surface area contributed by atoms with Gasteiger partial charge in [0, 0.05) is 9.50 Å². The van der Waals surface area contributed by atoms with Crippen molar-refractivity contribution in [2.24, 2.45) is 0 Å². The molecule has 2 aromatic rings. The third-order valence-corrected chi connectivity index (χ3v) is 3.76. The lowest BCUT2D eigenvalue weighted by Crippen LogP contribution is -2.27. The van der Waals surface area contributed by atoms with Crippen molar-refractivity contribution in [3.63, 3.8) is 0 Å². The summed E-state index contributed by atoms with van der Waals surface area (Å²) in [6.07, 6.45) is 0. The van der Waals surface area contributed by atoms with Crippen molar-refractivity contribution >= 4 is 33.4 Å². The van der Waals surface area contributed by atoms with E-state index in [9.17, 15) is 9.18 Å². The highest BCUT2D eigenvalue weighted by molar-refractivity contribution is 9.10. The highest BCUT2D eigenvalue weighted by Gasteiger charge is 2.14. The quantitative estimate of drug-likeness (QED) is 0.846. The number of amides is 1. The molecule has 0 aromatic heterocycles. The summed E-state index contributed by atoms with van der Waals surface area (Å²) < 4.78 is 13.4. The van der Waals surface area contributed by atoms with Gasteiger partial charge in [-0.05, 0) is 58.7 Å². The highest BCUT2D eigenvalue weighted by atomic mass is 79.9. The van der Waals surface area contributed by atoms with Gasteiger partial charge < -0.3 is 5.32 Å². The van der Waals surface area contributed by atoms with E-state index in [1.165, 1.54) is 18.2 Å². The molecule has 0 heterocycles. The van der Waals surface area contributed by atoms with Gasteiger partial charge in [-0.25, -0.2) is 4.39 Å². The Bertz CT molecular complexity index is 648. The molecule has 1 atom stereocenters. The molecule has 0 saturated heterocycles. The van der Waals surface area contributed by atoms with Crippen LogP contribution in [0.15, 0.2) is 46.9 Å². The summed E-state index contributed by atoms with van der Waals surface area (Å²) in [5, 5.41) is 3.47. The topological polar surface area (TPSA) is 29.1 Å². The number of halogens is 3. The zero-order valence-electron chi connectivity index (χ0n) is 10.7. The second kappa shape index (κ2) is 6.37. The summed E-state index contributed by atoms with van der Waals surface area (Å²) in [7, 11) is 0. The van der Waals surface area contributed by atoms with Crippen molar-refractivity contribution in [2.45, 2.75) is 13.0 Å². The molecule has 0 radical (unpaired) electrons. The van der Waals surface area contributed by atoms with Gasteiger partial charge in [-0.1, -0.05) is 23.7 Å². The SMILES string of the molecule is CC(NC(=O)c1ccc(F)cc1Br)c1cccc(Cl)c1. The van der Waals surface area contributed by atoms with E-state index in [4.69, 9.17) is 11.6 Å². The molecule has 1 unspecified atom stereocenters. The number of carbonyl (C=O) groups is 1. The van der Waals surface area contributed by atoms with Crippen LogP contribution in [0.25, 0.3) is 0 Å². The highest BCUT2D eigenvalue weighted by Crippen LogP contribution is 2.21. The average Bonchev–Trinajstić information content (AvgIpc) is 2.38. The van der Waals surface area contributed by atoms with Crippen LogP contribution in [0.5, 0.6) is 0 Å². The summed E-state index contributed by atoms with van der Waals surface area (Å²) in [6, 6.07) is 11.0. The Hall–Kier alpha value is -1.39. The van der Waals surface area contributed by atoms with Crippen molar-refractivity contribution in [3.05, 3.63) is 68.9 Å². The van der Waals surface area contributed by atoms with Gasteiger partial charge in [0.15, 0.2) is 0 Å². The lowest BCUT2D eigenvalue weighted by Gasteiger charge is -2.15. The first kappa shape index (κ1) is 15.0. The van der Waals surface area contributed by atoms with Gasteiger partial charge in [0.25, 0.3) is 5.91 Å². The molecule has 0 spiro atoms. The first-order valence-electron chi connectivity index (χ1n) is 5.99. The summed E-state index contributed by atoms with van der Waals surface area (Å²) in [6.45, 7) is 1.86. The van der Waals surface area contributed by atoms with E-state index in [0.717, 1.165) is 5.56 Å². The monoisotopic (exact) mass is 355 g/mol. The predicted molar refractivity (Wildman–Crippen MR) is 81.4 cm³/mol. The molecule has 0 aliphatic heterocycles. The lowest BCUT2D eigenvalue weighted by atomic mass is 10.1. The summed E-state index contributed by atoms with van der Waals surface area (Å²) >= 11 is 9.11. The van der Waals surface area contributed by atoms with Gasteiger partial charge in [-0.2, -0.15) is 0 Å². The maximum Gasteiger partial charge on any atom is 0.252 e. The van der Waals surface area contributed by atoms with Crippen LogP contribution in [0.1, 0.15) is 28.9 Å². The zero-order valence-corrected chi connectivity index (χ0v) is 13.0. The standard InChI is InChI=1S/C15H12BrClFNO/c1-9(10-3-2-4-11(17)7-10)19-15(20)13-6-5-12(18)8-14(13)16/h2-9H,1H3,(H,19,20). The fraction of sp³-hybridized carbons (Fsp3) is 0.133. The minimum Gasteiger partial charge on any atom is -0.345 e. The molecule has 2 aromatic carbocycles. The largest absolute Gasteiger partial charge is 0.345 e. The number of hydrogen-bond donors (Lipinski definition) is 1. The summed E-state index contributed by atoms with van der Waals surface area (Å²) in [5.41, 5.74) is 1.30. The Morgan fingerprint density at radius 2 is 2.05 bits per heavy atom. The summed E-state index contributed by atoms with van der Waals surface area (Å²) in [4.78, 5) is 12.1. The molecule has 0 aliphatic carbocycles. The number of nitrogens with one attached hydrogen (secondary N) is 1. The number of rotatable bonds is 3. The van der Waals surface area contributed by atoms with Crippen LogP contribution in [0, 0.1) is 5.82 Å². The maximum atomic E-state index is 13.0. The lowest BCUT2D eigenvalue weighted by molar-refractivity contribution is 0.0939. The normalized spacial score (nSPS) is 12.0. The van der Waals surface area contributed by atoms with Crippen LogP contribution >= 0.6 is 27.5 Å². The van der Waals surface area contributed by atoms with Crippen molar-refractivity contribution in [3.8, 4) is 0 Å². The van der Waals surface area contributed by atoms with Gasteiger partial charge in [-0.3, -0.25) is 4.79 Å². The maximum absolute atomic E-state index is 13.0. The van der Waals surface area contributed by atoms with Crippen LogP contribution in [-0.2, 0) is 0 Å². The van der Waals surface area contributed by atoms with E-state index in [1.807, 2.05) is 19.1 Å². The van der Waals surface area contributed by atoms with Crippen LogP contribution in [0.2, 0.25) is 5.02 Å². The number of hydrogen-bond acceptors (Lipinski definition) is 1. The van der Waals surface area contributed by atoms with Crippen LogP contribution in [0.4, 0.5) is 4.39 Å². The van der Waals surface area contributed by atoms with Crippen LogP contribution in [-0.4, -0.2) is 5.91 Å². The minimum atomic E-state index is -0.392. The molecule has 0 aliphatic rings. The molecule has 5 heteroatoms. The molecule has 0 saturated carbocycles. The second-order valence-electron chi connectivity index (χ2n) is 4.37. The minimum absolute atomic E-state index is 0.196. The van der Waals surface area contributed by atoms with Gasteiger partial charge in [0.2, 0.25) is 0 Å². The molecular weight excluding hydrogens is 345 g/mol. The fourth-order valence-corrected chi connectivity index (χ4v) is 2.54. The van der Waals surface area contributed by atoms with E-state index in [0.29, 0.717) is 15.1 Å². The van der Waals surface area contributed by atoms with E-state index < -0.39 is 5.82 Å². The molecule has 104 valence electrons. The Morgan fingerprint density at radius 1 is 1.30 bits per heavy atom. The van der Waals surface area contributed by atoms with Crippen molar-refractivity contribution in [1.82, 2.24) is 5.32 Å². The van der Waals surface area contributed by atoms with Crippen LogP contribution in [0.3, 0.4) is 0 Å². The zero-order chi connectivity index (χ0) is 14.7. The Kier molecular flexibility index (Phi) is 4.78. The third kappa shape index (κ3) is 3.58. The van der Waals surface area contributed by atoms with E-state index in [1.54, 1.807) is 12.1 Å². The first-order valence-corrected chi connectivity index (χ1v) is 7.16. The Labute approximate surface area is 130 Å². The number of carbonyl (C=O) groups excluding carboxylic acids is 1. The van der Waals surface area contributed by atoms with Gasteiger partial charge in [-0.15, -0.1) is 0 Å². The van der Waals surface area contributed by atoms with Crippen molar-refractivity contribution < 1.29 is 9.18 Å². The molecule has 20 heavy (non-hydrogen) atoms. The van der Waals surface area contributed by atoms with E-state index in [2.05, 4.69) is 21.2 Å². The molecule has 1 N–H and O–H groups in total. The third-order valence-electron chi connectivity index (χ3n) is 2.87. The second-order valence-corrected chi connectivity index (χ2v) is 5.67. The summed E-state index contributed by atoms with van der Waals surface area (Å²) in [5.74, 6) is -0.666. The molecular formula is C15H12BrClFNO. The molecule has 2 rings (SSSR count). The molecule has 1 amide bonds. The van der Waals surface area contributed by atoms with Gasteiger partial charge >= 0.3 is 0 Å². The van der Waals surface area contributed by atoms with Crippen LogP contribution < -0.4 is 5.32 Å². The Morgan fingerprint density at radius 3 is 2.70 bits per heavy atom. The first-order chi connectivity index (χ1) is 9.47. The smallest absolute Gasteiger partial charge is 0.252 e.